The molecule has 0 radical (unpaired) electrons. The number of fused-ring (bicyclic) bond motifs is 1. The minimum atomic E-state index is 0.279. The summed E-state index contributed by atoms with van der Waals surface area (Å²) in [5, 5.41) is 4.85. The number of nitrogens with one attached hydrogen (secondary N) is 1. The molecule has 3 rings (SSSR count). The van der Waals surface area contributed by atoms with Crippen molar-refractivity contribution >= 4 is 11.3 Å². The molecule has 0 amide bonds. The Morgan fingerprint density at radius 1 is 1.59 bits per heavy atom. The fraction of sp³-hybridized carbons (Fsp3) is 0.769. The molecule has 1 aromatic heterocycles. The fourth-order valence-corrected chi connectivity index (χ4v) is 4.18. The Labute approximate surface area is 107 Å². The van der Waals surface area contributed by atoms with Crippen LogP contribution in [-0.2, 0) is 11.3 Å². The first-order chi connectivity index (χ1) is 8.09. The van der Waals surface area contributed by atoms with Crippen LogP contribution in [0.15, 0.2) is 6.20 Å². The molecule has 94 valence electrons. The molecule has 3 unspecified atom stereocenters. The Morgan fingerprint density at radius 2 is 2.41 bits per heavy atom. The van der Waals surface area contributed by atoms with E-state index in [0.29, 0.717) is 12.1 Å². The highest BCUT2D eigenvalue weighted by molar-refractivity contribution is 7.11. The van der Waals surface area contributed by atoms with Crippen LogP contribution in [0.1, 0.15) is 30.2 Å². The zero-order valence-corrected chi connectivity index (χ0v) is 11.5. The molecule has 1 saturated heterocycles. The molecule has 0 aromatic carbocycles. The topological polar surface area (TPSA) is 34.2 Å². The van der Waals surface area contributed by atoms with Gasteiger partial charge in [0.05, 0.1) is 11.1 Å². The number of rotatable bonds is 3. The summed E-state index contributed by atoms with van der Waals surface area (Å²) < 4.78 is 5.80. The van der Waals surface area contributed by atoms with E-state index in [9.17, 15) is 0 Å². The average molecular weight is 252 g/mol. The van der Waals surface area contributed by atoms with Crippen LogP contribution >= 0.6 is 11.3 Å². The van der Waals surface area contributed by atoms with Gasteiger partial charge in [-0.1, -0.05) is 13.8 Å². The number of ether oxygens (including phenoxy) is 1. The van der Waals surface area contributed by atoms with E-state index < -0.39 is 0 Å². The van der Waals surface area contributed by atoms with E-state index in [2.05, 4.69) is 31.1 Å². The Bertz CT molecular complexity index is 415. The molecule has 1 aromatic rings. The van der Waals surface area contributed by atoms with Crippen molar-refractivity contribution in [2.75, 3.05) is 6.61 Å². The van der Waals surface area contributed by atoms with Gasteiger partial charge in [-0.3, -0.25) is 0 Å². The van der Waals surface area contributed by atoms with Crippen LogP contribution in [0.4, 0.5) is 0 Å². The summed E-state index contributed by atoms with van der Waals surface area (Å²) in [6, 6.07) is 0.595. The van der Waals surface area contributed by atoms with E-state index in [1.807, 2.05) is 6.20 Å². The molecule has 17 heavy (non-hydrogen) atoms. The van der Waals surface area contributed by atoms with E-state index >= 15 is 0 Å². The largest absolute Gasteiger partial charge is 0.377 e. The van der Waals surface area contributed by atoms with Gasteiger partial charge in [0.1, 0.15) is 0 Å². The lowest BCUT2D eigenvalue weighted by molar-refractivity contribution is -0.112. The van der Waals surface area contributed by atoms with Gasteiger partial charge in [0.25, 0.3) is 0 Å². The molecular weight excluding hydrogens is 232 g/mol. The molecule has 4 heteroatoms. The summed E-state index contributed by atoms with van der Waals surface area (Å²) in [4.78, 5) is 5.63. The maximum absolute atomic E-state index is 5.80. The first kappa shape index (κ1) is 11.6. The highest BCUT2D eigenvalue weighted by atomic mass is 32.1. The molecule has 2 aliphatic rings. The molecular formula is C13H20N2OS. The van der Waals surface area contributed by atoms with Gasteiger partial charge in [0.15, 0.2) is 0 Å². The molecule has 1 saturated carbocycles. The van der Waals surface area contributed by atoms with Crippen LogP contribution in [-0.4, -0.2) is 23.7 Å². The van der Waals surface area contributed by atoms with Crippen molar-refractivity contribution in [2.24, 2.45) is 11.3 Å². The monoisotopic (exact) mass is 252 g/mol. The third-order valence-corrected chi connectivity index (χ3v) is 5.18. The molecule has 2 heterocycles. The van der Waals surface area contributed by atoms with Crippen LogP contribution in [0.2, 0.25) is 0 Å². The second-order valence-electron chi connectivity index (χ2n) is 5.77. The highest BCUT2D eigenvalue weighted by Gasteiger charge is 2.58. The Hall–Kier alpha value is -0.450. The van der Waals surface area contributed by atoms with E-state index in [0.717, 1.165) is 24.1 Å². The lowest BCUT2D eigenvalue weighted by Gasteiger charge is -2.54. The lowest BCUT2D eigenvalue weighted by Crippen LogP contribution is -2.65. The van der Waals surface area contributed by atoms with Gasteiger partial charge in [-0.15, -0.1) is 11.3 Å². The summed E-state index contributed by atoms with van der Waals surface area (Å²) >= 11 is 1.78. The number of nitrogens with zero attached hydrogens (tertiary/aromatic N) is 1. The van der Waals surface area contributed by atoms with Crippen LogP contribution in [0.5, 0.6) is 0 Å². The smallest absolute Gasteiger partial charge is 0.0897 e. The minimum Gasteiger partial charge on any atom is -0.377 e. The number of hydrogen-bond acceptors (Lipinski definition) is 4. The SMILES string of the molecule is Cc1ncc(CNC2C3CCOC3C2(C)C)s1. The maximum atomic E-state index is 5.80. The van der Waals surface area contributed by atoms with Crippen molar-refractivity contribution < 1.29 is 4.74 Å². The number of aromatic nitrogens is 1. The molecule has 0 spiro atoms. The minimum absolute atomic E-state index is 0.279. The molecule has 2 fully saturated rings. The van der Waals surface area contributed by atoms with Crippen LogP contribution < -0.4 is 5.32 Å². The van der Waals surface area contributed by atoms with Crippen LogP contribution in [0.25, 0.3) is 0 Å². The van der Waals surface area contributed by atoms with Crippen molar-refractivity contribution in [3.8, 4) is 0 Å². The zero-order valence-electron chi connectivity index (χ0n) is 10.7. The molecule has 1 aliphatic heterocycles. The van der Waals surface area contributed by atoms with Crippen molar-refractivity contribution in [1.29, 1.82) is 0 Å². The Balaban J connectivity index is 1.62. The maximum Gasteiger partial charge on any atom is 0.0897 e. The third kappa shape index (κ3) is 1.83. The second kappa shape index (κ2) is 4.04. The van der Waals surface area contributed by atoms with E-state index in [1.165, 1.54) is 11.3 Å². The van der Waals surface area contributed by atoms with Gasteiger partial charge in [-0.05, 0) is 13.3 Å². The highest BCUT2D eigenvalue weighted by Crippen LogP contribution is 2.52. The van der Waals surface area contributed by atoms with E-state index in [1.54, 1.807) is 11.3 Å². The van der Waals surface area contributed by atoms with Gasteiger partial charge in [-0.2, -0.15) is 0 Å². The first-order valence-electron chi connectivity index (χ1n) is 6.35. The summed E-state index contributed by atoms with van der Waals surface area (Å²) in [6.45, 7) is 8.58. The summed E-state index contributed by atoms with van der Waals surface area (Å²) in [7, 11) is 0. The van der Waals surface area contributed by atoms with Gasteiger partial charge in [-0.25, -0.2) is 4.98 Å². The van der Waals surface area contributed by atoms with Crippen LogP contribution in [0, 0.1) is 18.3 Å². The van der Waals surface area contributed by atoms with Crippen molar-refractivity contribution in [3.63, 3.8) is 0 Å². The molecule has 3 atom stereocenters. The predicted octanol–water partition coefficient (Wildman–Crippen LogP) is 2.35. The second-order valence-corrected chi connectivity index (χ2v) is 7.09. The fourth-order valence-electron chi connectivity index (χ4n) is 3.44. The van der Waals surface area contributed by atoms with Gasteiger partial charge in [0, 0.05) is 41.6 Å². The summed E-state index contributed by atoms with van der Waals surface area (Å²) in [5.74, 6) is 0.721. The predicted molar refractivity (Wildman–Crippen MR) is 69.1 cm³/mol. The normalized spacial score (nSPS) is 34.4. The quantitative estimate of drug-likeness (QED) is 0.896. The lowest BCUT2D eigenvalue weighted by atomic mass is 9.57. The first-order valence-corrected chi connectivity index (χ1v) is 7.17. The molecule has 1 aliphatic carbocycles. The third-order valence-electron chi connectivity index (χ3n) is 4.27. The Kier molecular flexibility index (Phi) is 2.76. The number of hydrogen-bond donors (Lipinski definition) is 1. The standard InChI is InChI=1S/C13H20N2OS/c1-8-14-6-9(17-8)7-15-11-10-4-5-16-12(10)13(11,2)3/h6,10-12,15H,4-5,7H2,1-3H3. The zero-order chi connectivity index (χ0) is 12.0. The van der Waals surface area contributed by atoms with E-state index in [4.69, 9.17) is 4.74 Å². The summed E-state index contributed by atoms with van der Waals surface area (Å²) in [6.07, 6.45) is 3.68. The molecule has 0 bridgehead atoms. The van der Waals surface area contributed by atoms with Gasteiger partial charge < -0.3 is 10.1 Å². The van der Waals surface area contributed by atoms with Gasteiger partial charge >= 0.3 is 0 Å². The van der Waals surface area contributed by atoms with Crippen molar-refractivity contribution in [3.05, 3.63) is 16.1 Å². The average Bonchev–Trinajstić information content (AvgIpc) is 2.86. The molecule has 1 N–H and O–H groups in total. The van der Waals surface area contributed by atoms with Crippen molar-refractivity contribution in [2.45, 2.75) is 45.9 Å². The van der Waals surface area contributed by atoms with E-state index in [-0.39, 0.29) is 5.41 Å². The van der Waals surface area contributed by atoms with Crippen molar-refractivity contribution in [1.82, 2.24) is 10.3 Å². The van der Waals surface area contributed by atoms with Gasteiger partial charge in [0.2, 0.25) is 0 Å². The Morgan fingerprint density at radius 3 is 3.12 bits per heavy atom. The molecule has 3 nitrogen and oxygen atoms in total. The van der Waals surface area contributed by atoms with Crippen LogP contribution in [0.3, 0.4) is 0 Å². The number of thiazole rings is 1. The number of aryl methyl sites for hydroxylation is 1. The summed E-state index contributed by atoms with van der Waals surface area (Å²) in [5.41, 5.74) is 0.279.